The van der Waals surface area contributed by atoms with Gasteiger partial charge in [-0.1, -0.05) is 0 Å². The van der Waals surface area contributed by atoms with E-state index in [1.165, 1.54) is 0 Å². The number of carbonyl (C=O) groups is 1. The van der Waals surface area contributed by atoms with Crippen LogP contribution in [0.5, 0.6) is 0 Å². The Balaban J connectivity index is 2.18. The number of rotatable bonds is 5. The summed E-state index contributed by atoms with van der Waals surface area (Å²) in [7, 11) is 1.95. The maximum atomic E-state index is 12.0. The zero-order valence-electron chi connectivity index (χ0n) is 12.1. The van der Waals surface area contributed by atoms with E-state index in [1.54, 1.807) is 19.1 Å². The van der Waals surface area contributed by atoms with Crippen LogP contribution in [0.3, 0.4) is 0 Å². The Labute approximate surface area is 119 Å². The summed E-state index contributed by atoms with van der Waals surface area (Å²) in [6.07, 6.45) is 2.39. The largest absolute Gasteiger partial charge is 0.462 e. The van der Waals surface area contributed by atoms with Crippen molar-refractivity contribution in [2.24, 2.45) is 0 Å². The van der Waals surface area contributed by atoms with Gasteiger partial charge in [0.2, 0.25) is 0 Å². The summed E-state index contributed by atoms with van der Waals surface area (Å²) in [5, 5.41) is 0. The lowest BCUT2D eigenvalue weighted by Gasteiger charge is -2.24. The summed E-state index contributed by atoms with van der Waals surface area (Å²) in [5.74, 6) is -0.339. The zero-order chi connectivity index (χ0) is 14.5. The first-order chi connectivity index (χ1) is 9.61. The van der Waals surface area contributed by atoms with E-state index in [0.29, 0.717) is 17.9 Å². The second-order valence-electron chi connectivity index (χ2n) is 5.01. The van der Waals surface area contributed by atoms with Gasteiger partial charge in [0.05, 0.1) is 24.0 Å². The minimum absolute atomic E-state index is 0.229. The average Bonchev–Trinajstić information content (AvgIpc) is 2.91. The summed E-state index contributed by atoms with van der Waals surface area (Å²) in [6.45, 7) is 3.73. The Kier molecular flexibility index (Phi) is 4.84. The maximum Gasteiger partial charge on any atom is 0.340 e. The molecule has 1 unspecified atom stereocenters. The molecule has 1 aliphatic rings. The van der Waals surface area contributed by atoms with E-state index < -0.39 is 0 Å². The molecule has 0 aliphatic carbocycles. The van der Waals surface area contributed by atoms with Gasteiger partial charge >= 0.3 is 5.97 Å². The number of nitrogens with zero attached hydrogens (tertiary/aromatic N) is 1. The molecule has 0 amide bonds. The topological polar surface area (TPSA) is 64.8 Å². The lowest BCUT2D eigenvalue weighted by Crippen LogP contribution is -2.30. The molecule has 2 rings (SSSR count). The van der Waals surface area contributed by atoms with Crippen molar-refractivity contribution in [1.82, 2.24) is 0 Å². The molecule has 0 saturated carbocycles. The molecule has 1 aromatic carbocycles. The lowest BCUT2D eigenvalue weighted by atomic mass is 10.1. The summed E-state index contributed by atoms with van der Waals surface area (Å²) >= 11 is 0. The lowest BCUT2D eigenvalue weighted by molar-refractivity contribution is 0.0526. The molecule has 1 heterocycles. The molecule has 0 radical (unpaired) electrons. The second kappa shape index (κ2) is 6.61. The van der Waals surface area contributed by atoms with E-state index in [2.05, 4.69) is 0 Å². The molecule has 0 spiro atoms. The van der Waals surface area contributed by atoms with E-state index in [-0.39, 0.29) is 12.1 Å². The van der Waals surface area contributed by atoms with Crippen LogP contribution in [0, 0.1) is 0 Å². The summed E-state index contributed by atoms with van der Waals surface area (Å²) in [5.41, 5.74) is 7.67. The molecule has 1 atom stereocenters. The minimum atomic E-state index is -0.339. The van der Waals surface area contributed by atoms with Crippen LogP contribution < -0.4 is 10.6 Å². The van der Waals surface area contributed by atoms with Crippen LogP contribution in [0.25, 0.3) is 0 Å². The van der Waals surface area contributed by atoms with E-state index in [9.17, 15) is 4.79 Å². The highest BCUT2D eigenvalue weighted by Crippen LogP contribution is 2.25. The fourth-order valence-corrected chi connectivity index (χ4v) is 2.45. The molecule has 110 valence electrons. The van der Waals surface area contributed by atoms with E-state index in [0.717, 1.165) is 31.7 Å². The van der Waals surface area contributed by atoms with Gasteiger partial charge in [0, 0.05) is 25.9 Å². The number of likely N-dealkylation sites (N-methyl/N-ethyl adjacent to an activating group) is 1. The fourth-order valence-electron chi connectivity index (χ4n) is 2.45. The van der Waals surface area contributed by atoms with Crippen LogP contribution >= 0.6 is 0 Å². The predicted octanol–water partition coefficient (Wildman–Crippen LogP) is 2.06. The van der Waals surface area contributed by atoms with Crippen molar-refractivity contribution in [2.75, 3.05) is 37.4 Å². The second-order valence-corrected chi connectivity index (χ2v) is 5.01. The molecule has 0 aromatic heterocycles. The predicted molar refractivity (Wildman–Crippen MR) is 79.1 cm³/mol. The Morgan fingerprint density at radius 3 is 3.00 bits per heavy atom. The number of esters is 1. The molecule has 0 bridgehead atoms. The van der Waals surface area contributed by atoms with Gasteiger partial charge in [0.1, 0.15) is 0 Å². The Hall–Kier alpha value is -1.75. The van der Waals surface area contributed by atoms with Gasteiger partial charge in [-0.05, 0) is 38.0 Å². The molecule has 5 heteroatoms. The van der Waals surface area contributed by atoms with E-state index >= 15 is 0 Å². The SMILES string of the molecule is CCOC(=O)c1cc(N)ccc1N(C)CC1CCCO1. The molecule has 1 fully saturated rings. The van der Waals surface area contributed by atoms with Gasteiger partial charge in [-0.25, -0.2) is 4.79 Å². The van der Waals surface area contributed by atoms with Gasteiger partial charge in [-0.3, -0.25) is 0 Å². The normalized spacial score (nSPS) is 18.0. The highest BCUT2D eigenvalue weighted by atomic mass is 16.5. The fraction of sp³-hybridized carbons (Fsp3) is 0.533. The third-order valence-corrected chi connectivity index (χ3v) is 3.43. The number of ether oxygens (including phenoxy) is 2. The van der Waals surface area contributed by atoms with Gasteiger partial charge in [-0.15, -0.1) is 0 Å². The molecule has 1 saturated heterocycles. The van der Waals surface area contributed by atoms with Crippen LogP contribution in [0.1, 0.15) is 30.1 Å². The van der Waals surface area contributed by atoms with Crippen LogP contribution in [0.15, 0.2) is 18.2 Å². The molecule has 2 N–H and O–H groups in total. The van der Waals surface area contributed by atoms with Crippen LogP contribution in [0.4, 0.5) is 11.4 Å². The minimum Gasteiger partial charge on any atom is -0.462 e. The Morgan fingerprint density at radius 2 is 2.35 bits per heavy atom. The number of hydrogen-bond acceptors (Lipinski definition) is 5. The number of benzene rings is 1. The first kappa shape index (κ1) is 14.7. The molecule has 1 aliphatic heterocycles. The highest BCUT2D eigenvalue weighted by Gasteiger charge is 2.21. The monoisotopic (exact) mass is 278 g/mol. The molecule has 5 nitrogen and oxygen atoms in total. The van der Waals surface area contributed by atoms with Crippen molar-refractivity contribution >= 4 is 17.3 Å². The van der Waals surface area contributed by atoms with Gasteiger partial charge in [0.25, 0.3) is 0 Å². The van der Waals surface area contributed by atoms with Crippen molar-refractivity contribution < 1.29 is 14.3 Å². The Morgan fingerprint density at radius 1 is 1.55 bits per heavy atom. The summed E-state index contributed by atoms with van der Waals surface area (Å²) < 4.78 is 10.7. The third kappa shape index (κ3) is 3.42. The number of nitrogen functional groups attached to an aromatic ring is 1. The number of carbonyl (C=O) groups excluding carboxylic acids is 1. The maximum absolute atomic E-state index is 12.0. The van der Waals surface area contributed by atoms with Crippen molar-refractivity contribution in [3.8, 4) is 0 Å². The Bertz CT molecular complexity index is 470. The van der Waals surface area contributed by atoms with Gasteiger partial charge in [-0.2, -0.15) is 0 Å². The van der Waals surface area contributed by atoms with Crippen LogP contribution in [-0.4, -0.2) is 38.9 Å². The van der Waals surface area contributed by atoms with Gasteiger partial charge < -0.3 is 20.1 Å². The van der Waals surface area contributed by atoms with Crippen molar-refractivity contribution in [2.45, 2.75) is 25.9 Å². The van der Waals surface area contributed by atoms with Crippen LogP contribution in [0.2, 0.25) is 0 Å². The zero-order valence-corrected chi connectivity index (χ0v) is 12.1. The standard InChI is InChI=1S/C15H22N2O3/c1-3-19-15(18)13-9-11(16)6-7-14(13)17(2)10-12-5-4-8-20-12/h6-7,9,12H,3-5,8,10,16H2,1-2H3. The smallest absolute Gasteiger partial charge is 0.340 e. The molecular formula is C15H22N2O3. The summed E-state index contributed by atoms with van der Waals surface area (Å²) in [6, 6.07) is 5.32. The number of hydrogen-bond donors (Lipinski definition) is 1. The quantitative estimate of drug-likeness (QED) is 0.659. The van der Waals surface area contributed by atoms with Crippen molar-refractivity contribution in [3.05, 3.63) is 23.8 Å². The first-order valence-corrected chi connectivity index (χ1v) is 7.01. The van der Waals surface area contributed by atoms with Crippen molar-refractivity contribution in [1.29, 1.82) is 0 Å². The highest BCUT2D eigenvalue weighted by molar-refractivity contribution is 5.97. The molecular weight excluding hydrogens is 256 g/mol. The van der Waals surface area contributed by atoms with E-state index in [4.69, 9.17) is 15.2 Å². The van der Waals surface area contributed by atoms with Gasteiger partial charge in [0.15, 0.2) is 0 Å². The number of nitrogens with two attached hydrogens (primary N) is 1. The van der Waals surface area contributed by atoms with Crippen LogP contribution in [-0.2, 0) is 9.47 Å². The third-order valence-electron chi connectivity index (χ3n) is 3.43. The van der Waals surface area contributed by atoms with Crippen molar-refractivity contribution in [3.63, 3.8) is 0 Å². The average molecular weight is 278 g/mol. The molecule has 20 heavy (non-hydrogen) atoms. The van der Waals surface area contributed by atoms with E-state index in [1.807, 2.05) is 18.0 Å². The first-order valence-electron chi connectivity index (χ1n) is 7.01. The summed E-state index contributed by atoms with van der Waals surface area (Å²) in [4.78, 5) is 14.1. The number of anilines is 2. The molecule has 1 aromatic rings.